The maximum absolute atomic E-state index is 12.5. The number of carbonyl (C=O) groups excluding carboxylic acids is 1. The van der Waals surface area contributed by atoms with Gasteiger partial charge in [-0.1, -0.05) is 49.3 Å². The largest absolute Gasteiger partial charge is 0.325 e. The molecule has 3 aromatic rings. The molecule has 0 unspecified atom stereocenters. The zero-order valence-electron chi connectivity index (χ0n) is 15.1. The SMILES string of the molecule is CC(C)Cn1c(S[C@H](C)C(=O)Nc2ccc(Cl)cc2)nc2ccccc21. The molecule has 0 aliphatic carbocycles. The minimum Gasteiger partial charge on any atom is -0.325 e. The second-order valence-corrected chi connectivity index (χ2v) is 8.39. The third kappa shape index (κ3) is 4.40. The number of nitrogens with one attached hydrogen (secondary N) is 1. The maximum atomic E-state index is 12.5. The standard InChI is InChI=1S/C20H22ClN3OS/c1-13(2)12-24-18-7-5-4-6-17(18)23-20(24)26-14(3)19(25)22-16-10-8-15(21)9-11-16/h4-11,13-14H,12H2,1-3H3,(H,22,25)/t14-/m1/s1. The van der Waals surface area contributed by atoms with Gasteiger partial charge in [0.1, 0.15) is 0 Å². The van der Waals surface area contributed by atoms with Crippen molar-refractivity contribution < 1.29 is 4.79 Å². The van der Waals surface area contributed by atoms with Crippen LogP contribution >= 0.6 is 23.4 Å². The summed E-state index contributed by atoms with van der Waals surface area (Å²) in [4.78, 5) is 17.3. The fraction of sp³-hybridized carbons (Fsp3) is 0.300. The fourth-order valence-electron chi connectivity index (χ4n) is 2.67. The van der Waals surface area contributed by atoms with E-state index in [-0.39, 0.29) is 11.2 Å². The van der Waals surface area contributed by atoms with Crippen molar-refractivity contribution in [3.8, 4) is 0 Å². The van der Waals surface area contributed by atoms with Gasteiger partial charge in [0.15, 0.2) is 5.16 Å². The highest BCUT2D eigenvalue weighted by Gasteiger charge is 2.20. The molecular formula is C20H22ClN3OS. The molecule has 0 aliphatic heterocycles. The van der Waals surface area contributed by atoms with E-state index in [2.05, 4.69) is 29.8 Å². The lowest BCUT2D eigenvalue weighted by atomic mass is 10.2. The smallest absolute Gasteiger partial charge is 0.237 e. The highest BCUT2D eigenvalue weighted by Crippen LogP contribution is 2.28. The van der Waals surface area contributed by atoms with Crippen LogP contribution in [0.25, 0.3) is 11.0 Å². The zero-order chi connectivity index (χ0) is 18.7. The summed E-state index contributed by atoms with van der Waals surface area (Å²) in [6, 6.07) is 15.2. The lowest BCUT2D eigenvalue weighted by Crippen LogP contribution is -2.23. The van der Waals surface area contributed by atoms with Gasteiger partial charge >= 0.3 is 0 Å². The number of hydrogen-bond acceptors (Lipinski definition) is 3. The maximum Gasteiger partial charge on any atom is 0.237 e. The van der Waals surface area contributed by atoms with E-state index in [1.54, 1.807) is 24.3 Å². The summed E-state index contributed by atoms with van der Waals surface area (Å²) >= 11 is 7.37. The van der Waals surface area contributed by atoms with E-state index in [1.807, 2.05) is 25.1 Å². The summed E-state index contributed by atoms with van der Waals surface area (Å²) in [6.07, 6.45) is 0. The van der Waals surface area contributed by atoms with Crippen molar-refractivity contribution in [3.05, 3.63) is 53.6 Å². The minimum atomic E-state index is -0.270. The number of para-hydroxylation sites is 2. The molecule has 0 saturated heterocycles. The van der Waals surface area contributed by atoms with Crippen molar-refractivity contribution in [2.45, 2.75) is 37.7 Å². The van der Waals surface area contributed by atoms with Crippen molar-refractivity contribution in [2.75, 3.05) is 5.32 Å². The number of amides is 1. The highest BCUT2D eigenvalue weighted by molar-refractivity contribution is 8.00. The average Bonchev–Trinajstić information content (AvgIpc) is 2.94. The number of nitrogens with zero attached hydrogens (tertiary/aromatic N) is 2. The summed E-state index contributed by atoms with van der Waals surface area (Å²) < 4.78 is 2.21. The molecule has 0 saturated carbocycles. The topological polar surface area (TPSA) is 46.9 Å². The van der Waals surface area contributed by atoms with Gasteiger partial charge in [-0.15, -0.1) is 0 Å². The Morgan fingerprint density at radius 3 is 2.54 bits per heavy atom. The molecule has 3 rings (SSSR count). The number of rotatable bonds is 6. The average molecular weight is 388 g/mol. The molecule has 1 N–H and O–H groups in total. The summed E-state index contributed by atoms with van der Waals surface area (Å²) in [5, 5.41) is 4.18. The number of hydrogen-bond donors (Lipinski definition) is 1. The second kappa shape index (κ2) is 8.14. The van der Waals surface area contributed by atoms with Gasteiger partial charge in [0.25, 0.3) is 0 Å². The van der Waals surface area contributed by atoms with Crippen molar-refractivity contribution in [1.82, 2.24) is 9.55 Å². The van der Waals surface area contributed by atoms with Crippen LogP contribution in [-0.2, 0) is 11.3 Å². The summed E-state index contributed by atoms with van der Waals surface area (Å²) in [7, 11) is 0. The second-order valence-electron chi connectivity index (χ2n) is 6.64. The van der Waals surface area contributed by atoms with Crippen molar-refractivity contribution >= 4 is 46.0 Å². The first kappa shape index (κ1) is 18.8. The quantitative estimate of drug-likeness (QED) is 0.571. The number of halogens is 1. The van der Waals surface area contributed by atoms with E-state index in [1.165, 1.54) is 11.8 Å². The lowest BCUT2D eigenvalue weighted by molar-refractivity contribution is -0.115. The molecule has 2 aromatic carbocycles. The van der Waals surface area contributed by atoms with Crippen LogP contribution in [-0.4, -0.2) is 20.7 Å². The third-order valence-electron chi connectivity index (χ3n) is 3.93. The van der Waals surface area contributed by atoms with E-state index in [0.29, 0.717) is 10.9 Å². The van der Waals surface area contributed by atoms with Crippen molar-refractivity contribution in [3.63, 3.8) is 0 Å². The van der Waals surface area contributed by atoms with Gasteiger partial charge in [0, 0.05) is 17.3 Å². The van der Waals surface area contributed by atoms with Gasteiger partial charge in [-0.05, 0) is 49.2 Å². The predicted octanol–water partition coefficient (Wildman–Crippen LogP) is 5.47. The number of fused-ring (bicyclic) bond motifs is 1. The van der Waals surface area contributed by atoms with Crippen LogP contribution < -0.4 is 5.32 Å². The van der Waals surface area contributed by atoms with Crippen molar-refractivity contribution in [2.24, 2.45) is 5.92 Å². The van der Waals surface area contributed by atoms with E-state index in [4.69, 9.17) is 16.6 Å². The number of benzene rings is 2. The summed E-state index contributed by atoms with van der Waals surface area (Å²) in [6.45, 7) is 7.13. The molecule has 0 radical (unpaired) electrons. The summed E-state index contributed by atoms with van der Waals surface area (Å²) in [5.74, 6) is 0.436. The molecular weight excluding hydrogens is 366 g/mol. The molecule has 26 heavy (non-hydrogen) atoms. The minimum absolute atomic E-state index is 0.0551. The number of aromatic nitrogens is 2. The van der Waals surface area contributed by atoms with Gasteiger partial charge in [-0.3, -0.25) is 4.79 Å². The van der Waals surface area contributed by atoms with Gasteiger partial charge in [-0.2, -0.15) is 0 Å². The molecule has 0 aliphatic rings. The van der Waals surface area contributed by atoms with Crippen molar-refractivity contribution in [1.29, 1.82) is 0 Å². The van der Waals surface area contributed by atoms with Crippen LogP contribution in [0.5, 0.6) is 0 Å². The summed E-state index contributed by atoms with van der Waals surface area (Å²) in [5.41, 5.74) is 2.80. The third-order valence-corrected chi connectivity index (χ3v) is 5.27. The Morgan fingerprint density at radius 1 is 1.15 bits per heavy atom. The number of thioether (sulfide) groups is 1. The van der Waals surface area contributed by atoms with Crippen LogP contribution in [0.3, 0.4) is 0 Å². The molecule has 1 atom stereocenters. The fourth-order valence-corrected chi connectivity index (χ4v) is 3.73. The van der Waals surface area contributed by atoms with Crippen LogP contribution in [0.2, 0.25) is 5.02 Å². The predicted molar refractivity (Wildman–Crippen MR) is 110 cm³/mol. The normalized spacial score (nSPS) is 12.5. The van der Waals surface area contributed by atoms with Crippen LogP contribution in [0.1, 0.15) is 20.8 Å². The Labute approximate surface area is 163 Å². The van der Waals surface area contributed by atoms with Crippen LogP contribution in [0.15, 0.2) is 53.7 Å². The number of carbonyl (C=O) groups is 1. The first-order valence-corrected chi connectivity index (χ1v) is 9.88. The molecule has 0 spiro atoms. The van der Waals surface area contributed by atoms with Gasteiger partial charge in [0.05, 0.1) is 16.3 Å². The Hall–Kier alpha value is -1.98. The van der Waals surface area contributed by atoms with Gasteiger partial charge < -0.3 is 9.88 Å². The lowest BCUT2D eigenvalue weighted by Gasteiger charge is -2.15. The van der Waals surface area contributed by atoms with E-state index >= 15 is 0 Å². The first-order valence-electron chi connectivity index (χ1n) is 8.62. The molecule has 1 amide bonds. The molecule has 0 bridgehead atoms. The molecule has 0 fully saturated rings. The highest BCUT2D eigenvalue weighted by atomic mass is 35.5. The monoisotopic (exact) mass is 387 g/mol. The molecule has 1 heterocycles. The Balaban J connectivity index is 1.78. The van der Waals surface area contributed by atoms with Crippen LogP contribution in [0, 0.1) is 5.92 Å². The number of imidazole rings is 1. The van der Waals surface area contributed by atoms with Gasteiger partial charge in [-0.25, -0.2) is 4.98 Å². The van der Waals surface area contributed by atoms with Gasteiger partial charge in [0.2, 0.25) is 5.91 Å². The zero-order valence-corrected chi connectivity index (χ0v) is 16.6. The van der Waals surface area contributed by atoms with Crippen LogP contribution in [0.4, 0.5) is 5.69 Å². The Kier molecular flexibility index (Phi) is 5.89. The van der Waals surface area contributed by atoms with E-state index < -0.39 is 0 Å². The molecule has 136 valence electrons. The first-order chi connectivity index (χ1) is 12.4. The molecule has 6 heteroatoms. The van der Waals surface area contributed by atoms with E-state index in [9.17, 15) is 4.79 Å². The Morgan fingerprint density at radius 2 is 1.85 bits per heavy atom. The molecule has 4 nitrogen and oxygen atoms in total. The number of anilines is 1. The molecule has 1 aromatic heterocycles. The Bertz CT molecular complexity index is 905. The van der Waals surface area contributed by atoms with E-state index in [0.717, 1.165) is 28.4 Å².